The summed E-state index contributed by atoms with van der Waals surface area (Å²) in [6.07, 6.45) is 5.57. The predicted octanol–water partition coefficient (Wildman–Crippen LogP) is 1.85. The molecule has 3 fully saturated rings. The normalized spacial score (nSPS) is 20.1. The number of imide groups is 1. The van der Waals surface area contributed by atoms with E-state index in [1.54, 1.807) is 16.8 Å². The molecule has 0 radical (unpaired) electrons. The van der Waals surface area contributed by atoms with Gasteiger partial charge in [0.1, 0.15) is 0 Å². The van der Waals surface area contributed by atoms with Crippen LogP contribution in [0.5, 0.6) is 0 Å². The van der Waals surface area contributed by atoms with Crippen LogP contribution < -0.4 is 10.6 Å². The average molecular weight is 492 g/mol. The number of fused-ring (bicyclic) bond motifs is 1. The molecule has 3 aromatic rings. The molecule has 1 aliphatic carbocycles. The molecule has 11 heteroatoms. The van der Waals surface area contributed by atoms with Gasteiger partial charge in [-0.3, -0.25) is 19.7 Å². The van der Waals surface area contributed by atoms with Crippen molar-refractivity contribution in [2.45, 2.75) is 25.3 Å². The zero-order valence-corrected chi connectivity index (χ0v) is 20.1. The van der Waals surface area contributed by atoms with E-state index in [0.29, 0.717) is 33.5 Å². The van der Waals surface area contributed by atoms with Gasteiger partial charge in [0.2, 0.25) is 5.91 Å². The third-order valence-electron chi connectivity index (χ3n) is 6.55. The molecule has 0 bridgehead atoms. The minimum atomic E-state index is -0.387. The van der Waals surface area contributed by atoms with Gasteiger partial charge in [0.15, 0.2) is 5.65 Å². The lowest BCUT2D eigenvalue weighted by Gasteiger charge is -2.32. The van der Waals surface area contributed by atoms with Gasteiger partial charge >= 0.3 is 0 Å². The fourth-order valence-corrected chi connectivity index (χ4v) is 5.19. The second-order valence-corrected chi connectivity index (χ2v) is 10.2. The maximum atomic E-state index is 13.0. The van der Waals surface area contributed by atoms with Gasteiger partial charge in [-0.05, 0) is 38.1 Å². The number of thiophene rings is 1. The molecule has 10 nitrogen and oxygen atoms in total. The number of anilines is 1. The number of hydrogen-bond acceptors (Lipinski definition) is 8. The fourth-order valence-electron chi connectivity index (χ4n) is 4.33. The molecule has 0 unspecified atom stereocenters. The molecule has 3 aromatic heterocycles. The Balaban J connectivity index is 1.36. The molecule has 6 rings (SSSR count). The molecular weight excluding hydrogens is 466 g/mol. The van der Waals surface area contributed by atoms with Gasteiger partial charge in [-0.1, -0.05) is 0 Å². The van der Waals surface area contributed by atoms with E-state index < -0.39 is 0 Å². The molecule has 180 valence electrons. The Morgan fingerprint density at radius 3 is 2.71 bits per heavy atom. The van der Waals surface area contributed by atoms with Crippen molar-refractivity contribution in [2.75, 3.05) is 38.5 Å². The first-order valence-electron chi connectivity index (χ1n) is 11.7. The third kappa shape index (κ3) is 4.32. The summed E-state index contributed by atoms with van der Waals surface area (Å²) >= 11 is 1.42. The van der Waals surface area contributed by atoms with Crippen molar-refractivity contribution in [3.8, 4) is 11.3 Å². The number of rotatable bonds is 5. The summed E-state index contributed by atoms with van der Waals surface area (Å²) in [7, 11) is 2.07. The van der Waals surface area contributed by atoms with Gasteiger partial charge in [0, 0.05) is 48.7 Å². The summed E-state index contributed by atoms with van der Waals surface area (Å²) in [4.78, 5) is 46.1. The van der Waals surface area contributed by atoms with Crippen LogP contribution in [0, 0.1) is 0 Å². The van der Waals surface area contributed by atoms with E-state index in [0.717, 1.165) is 50.3 Å². The number of hydrogen-bond donors (Lipinski definition) is 2. The van der Waals surface area contributed by atoms with Crippen LogP contribution in [-0.4, -0.2) is 81.4 Å². The Hall–Kier alpha value is -3.57. The fraction of sp³-hybridized carbons (Fsp3) is 0.375. The van der Waals surface area contributed by atoms with Crippen LogP contribution >= 0.6 is 11.3 Å². The van der Waals surface area contributed by atoms with E-state index >= 15 is 0 Å². The van der Waals surface area contributed by atoms with Crippen LogP contribution in [0.1, 0.15) is 34.6 Å². The van der Waals surface area contributed by atoms with Crippen LogP contribution in [0.4, 0.5) is 5.69 Å². The van der Waals surface area contributed by atoms with Gasteiger partial charge in [-0.25, -0.2) is 9.50 Å². The number of carbonyl (C=O) groups is 3. The Morgan fingerprint density at radius 1 is 1.20 bits per heavy atom. The zero-order chi connectivity index (χ0) is 24.1. The molecule has 1 saturated carbocycles. The molecule has 0 spiro atoms. The van der Waals surface area contributed by atoms with E-state index in [2.05, 4.69) is 27.6 Å². The van der Waals surface area contributed by atoms with Gasteiger partial charge in [0.25, 0.3) is 11.8 Å². The Labute approximate surface area is 205 Å². The molecule has 0 aromatic carbocycles. The quantitative estimate of drug-likeness (QED) is 0.414. The smallest absolute Gasteiger partial charge is 0.264 e. The summed E-state index contributed by atoms with van der Waals surface area (Å²) in [5, 5.41) is 12.6. The monoisotopic (exact) mass is 491 g/mol. The maximum Gasteiger partial charge on any atom is 0.264 e. The molecule has 2 saturated heterocycles. The minimum Gasteiger partial charge on any atom is -0.379 e. The Bertz CT molecular complexity index is 1380. The molecule has 35 heavy (non-hydrogen) atoms. The lowest BCUT2D eigenvalue weighted by atomic mass is 10.2. The van der Waals surface area contributed by atoms with Crippen molar-refractivity contribution in [1.82, 2.24) is 29.7 Å². The largest absolute Gasteiger partial charge is 0.379 e. The van der Waals surface area contributed by atoms with Gasteiger partial charge in [0.05, 0.1) is 34.6 Å². The summed E-state index contributed by atoms with van der Waals surface area (Å²) in [6.45, 7) is 3.21. The van der Waals surface area contributed by atoms with Crippen LogP contribution in [0.3, 0.4) is 0 Å². The second-order valence-electron chi connectivity index (χ2n) is 9.30. The maximum absolute atomic E-state index is 13.0. The van der Waals surface area contributed by atoms with Crippen LogP contribution in [0.15, 0.2) is 29.3 Å². The number of nitrogens with zero attached hydrogens (tertiary/aromatic N) is 5. The number of aromatic nitrogens is 3. The highest BCUT2D eigenvalue weighted by atomic mass is 32.1. The summed E-state index contributed by atoms with van der Waals surface area (Å²) in [6, 6.07) is 4.27. The molecule has 5 heterocycles. The molecule has 3 amide bonds. The minimum absolute atomic E-state index is 0.0429. The molecule has 0 atom stereocenters. The zero-order valence-electron chi connectivity index (χ0n) is 19.3. The third-order valence-corrected chi connectivity index (χ3v) is 7.46. The van der Waals surface area contributed by atoms with Crippen molar-refractivity contribution in [2.24, 2.45) is 0 Å². The Kier molecular flexibility index (Phi) is 5.37. The van der Waals surface area contributed by atoms with E-state index in [1.807, 2.05) is 22.4 Å². The van der Waals surface area contributed by atoms with Crippen molar-refractivity contribution in [1.29, 1.82) is 0 Å². The summed E-state index contributed by atoms with van der Waals surface area (Å²) in [5.74, 6) is -0.644. The predicted molar refractivity (Wildman–Crippen MR) is 132 cm³/mol. The van der Waals surface area contributed by atoms with Crippen molar-refractivity contribution < 1.29 is 14.4 Å². The summed E-state index contributed by atoms with van der Waals surface area (Å²) < 4.78 is 1.70. The molecule has 3 aliphatic rings. The second kappa shape index (κ2) is 8.58. The number of piperazine rings is 1. The van der Waals surface area contributed by atoms with Gasteiger partial charge in [-0.2, -0.15) is 5.10 Å². The van der Waals surface area contributed by atoms with E-state index in [4.69, 9.17) is 5.10 Å². The number of imidazole rings is 1. The van der Waals surface area contributed by atoms with E-state index in [1.165, 1.54) is 11.3 Å². The SMILES string of the molecule is CN1CCN(C(=O)c2cc(-c3cc(NC4CC4)c4ncc(C=C5CC(=O)NC5=O)n4n3)cs2)CC1. The van der Waals surface area contributed by atoms with Crippen LogP contribution in [0.2, 0.25) is 0 Å². The first-order chi connectivity index (χ1) is 16.9. The van der Waals surface area contributed by atoms with Crippen LogP contribution in [0.25, 0.3) is 23.0 Å². The molecule has 2 N–H and O–H groups in total. The number of likely N-dealkylation sites (N-methyl/N-ethyl adjacent to an activating group) is 1. The highest BCUT2D eigenvalue weighted by molar-refractivity contribution is 7.12. The van der Waals surface area contributed by atoms with Gasteiger partial charge in [-0.15, -0.1) is 11.3 Å². The topological polar surface area (TPSA) is 112 Å². The Morgan fingerprint density at radius 2 is 2.00 bits per heavy atom. The van der Waals surface area contributed by atoms with Gasteiger partial charge < -0.3 is 15.1 Å². The first-order valence-corrected chi connectivity index (χ1v) is 12.6. The average Bonchev–Trinajstić information content (AvgIpc) is 3.23. The van der Waals surface area contributed by atoms with Crippen molar-refractivity contribution in [3.63, 3.8) is 0 Å². The standard InChI is InChI=1S/C24H25N7O3S/c1-29-4-6-30(7-5-29)24(34)20-9-15(13-35-20)18-11-19(26-16-2-3-16)22-25-12-17(31(22)28-18)8-14-10-21(32)27-23(14)33/h8-9,11-13,16,26H,2-7,10H2,1H3,(H,27,32,33). The van der Waals surface area contributed by atoms with Crippen LogP contribution in [-0.2, 0) is 9.59 Å². The number of amides is 3. The van der Waals surface area contributed by atoms with Crippen molar-refractivity contribution >= 4 is 46.5 Å². The van der Waals surface area contributed by atoms with E-state index in [-0.39, 0.29) is 24.1 Å². The number of nitrogens with one attached hydrogen (secondary N) is 2. The molecular formula is C24H25N7O3S. The number of carbonyl (C=O) groups excluding carboxylic acids is 3. The first kappa shape index (κ1) is 21.9. The highest BCUT2D eigenvalue weighted by Crippen LogP contribution is 2.32. The van der Waals surface area contributed by atoms with E-state index in [9.17, 15) is 14.4 Å². The summed E-state index contributed by atoms with van der Waals surface area (Å²) in [5.41, 5.74) is 4.07. The lowest BCUT2D eigenvalue weighted by molar-refractivity contribution is -0.124. The lowest BCUT2D eigenvalue weighted by Crippen LogP contribution is -2.46. The van der Waals surface area contributed by atoms with Crippen molar-refractivity contribution in [3.05, 3.63) is 39.9 Å². The molecule has 2 aliphatic heterocycles. The highest BCUT2D eigenvalue weighted by Gasteiger charge is 2.27.